The molecule has 164 valence electrons. The maximum Gasteiger partial charge on any atom is 0.274 e. The van der Waals surface area contributed by atoms with E-state index in [9.17, 15) is 4.79 Å². The SMILES string of the molecule is COc1ccc2nc(OC3CCN(C(=O)COc4ccc(C(C)C)cc4)CC3)sc2c1. The Kier molecular flexibility index (Phi) is 6.61. The summed E-state index contributed by atoms with van der Waals surface area (Å²) in [6.07, 6.45) is 1.64. The van der Waals surface area contributed by atoms with Gasteiger partial charge in [-0.1, -0.05) is 37.3 Å². The third-order valence-electron chi connectivity index (χ3n) is 5.55. The zero-order valence-corrected chi connectivity index (χ0v) is 19.0. The summed E-state index contributed by atoms with van der Waals surface area (Å²) in [6, 6.07) is 13.8. The third-order valence-corrected chi connectivity index (χ3v) is 6.46. The van der Waals surface area contributed by atoms with Crippen LogP contribution in [-0.2, 0) is 4.79 Å². The Morgan fingerprint density at radius 3 is 2.52 bits per heavy atom. The molecule has 0 atom stereocenters. The molecule has 1 amide bonds. The van der Waals surface area contributed by atoms with E-state index in [0.717, 1.165) is 34.6 Å². The normalized spacial score (nSPS) is 14.8. The summed E-state index contributed by atoms with van der Waals surface area (Å²) in [5.74, 6) is 2.03. The molecule has 0 unspecified atom stereocenters. The van der Waals surface area contributed by atoms with Crippen molar-refractivity contribution in [2.75, 3.05) is 26.8 Å². The van der Waals surface area contributed by atoms with Crippen LogP contribution in [0.15, 0.2) is 42.5 Å². The van der Waals surface area contributed by atoms with E-state index in [4.69, 9.17) is 14.2 Å². The van der Waals surface area contributed by atoms with Gasteiger partial charge in [0.05, 0.1) is 17.3 Å². The number of hydrogen-bond acceptors (Lipinski definition) is 6. The number of amides is 1. The second-order valence-electron chi connectivity index (χ2n) is 8.02. The van der Waals surface area contributed by atoms with Crippen molar-refractivity contribution in [2.45, 2.75) is 38.7 Å². The molecule has 2 heterocycles. The number of thiazole rings is 1. The minimum atomic E-state index is 0.0125. The summed E-state index contributed by atoms with van der Waals surface area (Å²) < 4.78 is 18.1. The van der Waals surface area contributed by atoms with E-state index < -0.39 is 0 Å². The number of piperidine rings is 1. The molecule has 31 heavy (non-hydrogen) atoms. The Morgan fingerprint density at radius 1 is 1.13 bits per heavy atom. The van der Waals surface area contributed by atoms with Gasteiger partial charge >= 0.3 is 0 Å². The molecule has 7 heteroatoms. The van der Waals surface area contributed by atoms with Crippen LogP contribution in [-0.4, -0.2) is 48.7 Å². The van der Waals surface area contributed by atoms with E-state index in [1.54, 1.807) is 7.11 Å². The van der Waals surface area contributed by atoms with Crippen LogP contribution in [0.3, 0.4) is 0 Å². The Morgan fingerprint density at radius 2 is 1.84 bits per heavy atom. The molecule has 2 aromatic carbocycles. The van der Waals surface area contributed by atoms with Crippen LogP contribution in [0.5, 0.6) is 16.7 Å². The average Bonchev–Trinajstić information content (AvgIpc) is 3.19. The van der Waals surface area contributed by atoms with E-state index in [1.807, 2.05) is 47.4 Å². The molecular weight excluding hydrogens is 412 g/mol. The number of likely N-dealkylation sites (tertiary alicyclic amines) is 1. The van der Waals surface area contributed by atoms with Crippen LogP contribution in [0.4, 0.5) is 0 Å². The Bertz CT molecular complexity index is 1020. The molecule has 1 aliphatic rings. The van der Waals surface area contributed by atoms with Gasteiger partial charge in [0.2, 0.25) is 0 Å². The van der Waals surface area contributed by atoms with Gasteiger partial charge in [0.25, 0.3) is 11.1 Å². The van der Waals surface area contributed by atoms with Gasteiger partial charge in [0, 0.05) is 25.9 Å². The van der Waals surface area contributed by atoms with Crippen LogP contribution in [0.2, 0.25) is 0 Å². The third kappa shape index (κ3) is 5.28. The van der Waals surface area contributed by atoms with Crippen molar-refractivity contribution >= 4 is 27.5 Å². The van der Waals surface area contributed by atoms with Crippen molar-refractivity contribution in [1.82, 2.24) is 9.88 Å². The van der Waals surface area contributed by atoms with Gasteiger partial charge in [0.15, 0.2) is 6.61 Å². The van der Waals surface area contributed by atoms with E-state index in [-0.39, 0.29) is 18.6 Å². The van der Waals surface area contributed by atoms with Crippen molar-refractivity contribution in [2.24, 2.45) is 0 Å². The van der Waals surface area contributed by atoms with Gasteiger partial charge in [-0.25, -0.2) is 4.98 Å². The fourth-order valence-corrected chi connectivity index (χ4v) is 4.52. The zero-order chi connectivity index (χ0) is 21.8. The lowest BCUT2D eigenvalue weighted by Gasteiger charge is -2.31. The fourth-order valence-electron chi connectivity index (χ4n) is 3.61. The van der Waals surface area contributed by atoms with Crippen molar-refractivity contribution < 1.29 is 19.0 Å². The van der Waals surface area contributed by atoms with Crippen LogP contribution in [0, 0.1) is 0 Å². The maximum atomic E-state index is 12.5. The summed E-state index contributed by atoms with van der Waals surface area (Å²) in [5.41, 5.74) is 2.17. The van der Waals surface area contributed by atoms with E-state index in [1.165, 1.54) is 16.9 Å². The van der Waals surface area contributed by atoms with Gasteiger partial charge in [-0.2, -0.15) is 0 Å². The van der Waals surface area contributed by atoms with Crippen LogP contribution >= 0.6 is 11.3 Å². The molecule has 0 saturated carbocycles. The fraction of sp³-hybridized carbons (Fsp3) is 0.417. The number of hydrogen-bond donors (Lipinski definition) is 0. The Balaban J connectivity index is 1.25. The molecule has 0 bridgehead atoms. The predicted octanol–water partition coefficient (Wildman–Crippen LogP) is 4.88. The molecule has 0 aliphatic carbocycles. The maximum absolute atomic E-state index is 12.5. The number of rotatable bonds is 7. The number of nitrogens with zero attached hydrogens (tertiary/aromatic N) is 2. The largest absolute Gasteiger partial charge is 0.497 e. The second-order valence-corrected chi connectivity index (χ2v) is 9.02. The van der Waals surface area contributed by atoms with E-state index in [2.05, 4.69) is 18.8 Å². The number of carbonyl (C=O) groups is 1. The van der Waals surface area contributed by atoms with Crippen LogP contribution < -0.4 is 14.2 Å². The number of ether oxygens (including phenoxy) is 3. The minimum absolute atomic E-state index is 0.0125. The molecule has 1 saturated heterocycles. The lowest BCUT2D eigenvalue weighted by Crippen LogP contribution is -2.43. The Labute approximate surface area is 186 Å². The summed E-state index contributed by atoms with van der Waals surface area (Å²) >= 11 is 1.52. The highest BCUT2D eigenvalue weighted by Gasteiger charge is 2.25. The molecule has 3 aromatic rings. The lowest BCUT2D eigenvalue weighted by atomic mass is 10.0. The van der Waals surface area contributed by atoms with Gasteiger partial charge in [0.1, 0.15) is 17.6 Å². The number of benzene rings is 2. The summed E-state index contributed by atoms with van der Waals surface area (Å²) in [6.45, 7) is 5.70. The van der Waals surface area contributed by atoms with Gasteiger partial charge < -0.3 is 19.1 Å². The van der Waals surface area contributed by atoms with Crippen LogP contribution in [0.25, 0.3) is 10.2 Å². The van der Waals surface area contributed by atoms with Crippen molar-refractivity contribution in [3.8, 4) is 16.7 Å². The molecule has 1 aromatic heterocycles. The standard InChI is InChI=1S/C24H28N2O4S/c1-16(2)17-4-6-18(7-5-17)29-15-23(27)26-12-10-19(11-13-26)30-24-25-21-9-8-20(28-3)14-22(21)31-24/h4-9,14,16,19H,10-13,15H2,1-3H3. The smallest absolute Gasteiger partial charge is 0.274 e. The van der Waals surface area contributed by atoms with Crippen molar-refractivity contribution in [1.29, 1.82) is 0 Å². The minimum Gasteiger partial charge on any atom is -0.497 e. The quantitative estimate of drug-likeness (QED) is 0.524. The predicted molar refractivity (Wildman–Crippen MR) is 122 cm³/mol. The topological polar surface area (TPSA) is 60.9 Å². The van der Waals surface area contributed by atoms with Crippen LogP contribution in [0.1, 0.15) is 38.2 Å². The lowest BCUT2D eigenvalue weighted by molar-refractivity contribution is -0.135. The molecule has 6 nitrogen and oxygen atoms in total. The molecule has 0 radical (unpaired) electrons. The molecule has 0 spiro atoms. The summed E-state index contributed by atoms with van der Waals surface area (Å²) in [4.78, 5) is 18.9. The zero-order valence-electron chi connectivity index (χ0n) is 18.2. The highest BCUT2D eigenvalue weighted by atomic mass is 32.1. The first-order chi connectivity index (χ1) is 15.0. The first kappa shape index (κ1) is 21.4. The Hall–Kier alpha value is -2.80. The van der Waals surface area contributed by atoms with Gasteiger partial charge in [-0.3, -0.25) is 4.79 Å². The molecular formula is C24H28N2O4S. The van der Waals surface area contributed by atoms with Gasteiger partial charge in [-0.15, -0.1) is 0 Å². The second kappa shape index (κ2) is 9.56. The van der Waals surface area contributed by atoms with E-state index in [0.29, 0.717) is 24.2 Å². The number of aromatic nitrogens is 1. The van der Waals surface area contributed by atoms with E-state index >= 15 is 0 Å². The monoisotopic (exact) mass is 440 g/mol. The number of fused-ring (bicyclic) bond motifs is 1. The summed E-state index contributed by atoms with van der Waals surface area (Å²) in [7, 11) is 1.65. The van der Waals surface area contributed by atoms with Gasteiger partial charge in [-0.05, 0) is 41.8 Å². The number of carbonyl (C=O) groups excluding carboxylic acids is 1. The number of methoxy groups -OCH3 is 1. The highest BCUT2D eigenvalue weighted by Crippen LogP contribution is 2.32. The first-order valence-electron chi connectivity index (χ1n) is 10.6. The average molecular weight is 441 g/mol. The van der Waals surface area contributed by atoms with Crippen molar-refractivity contribution in [3.63, 3.8) is 0 Å². The molecule has 4 rings (SSSR count). The highest BCUT2D eigenvalue weighted by molar-refractivity contribution is 7.20. The first-order valence-corrected chi connectivity index (χ1v) is 11.4. The summed E-state index contributed by atoms with van der Waals surface area (Å²) in [5, 5.41) is 0.668. The molecule has 1 aliphatic heterocycles. The molecule has 0 N–H and O–H groups in total. The van der Waals surface area contributed by atoms with Crippen molar-refractivity contribution in [3.05, 3.63) is 48.0 Å². The molecule has 1 fully saturated rings.